The number of nitrogens with one attached hydrogen (secondary N) is 1. The first kappa shape index (κ1) is 17.4. The molecule has 23 heavy (non-hydrogen) atoms. The molecule has 8 heteroatoms. The molecule has 1 aliphatic heterocycles. The van der Waals surface area contributed by atoms with Crippen molar-refractivity contribution in [3.05, 3.63) is 11.9 Å². The summed E-state index contributed by atoms with van der Waals surface area (Å²) in [6.07, 6.45) is 2.90. The van der Waals surface area contributed by atoms with Gasteiger partial charge in [0, 0.05) is 38.8 Å². The van der Waals surface area contributed by atoms with E-state index in [2.05, 4.69) is 15.6 Å². The van der Waals surface area contributed by atoms with Gasteiger partial charge in [-0.3, -0.25) is 9.59 Å². The number of piperazine rings is 1. The fourth-order valence-corrected chi connectivity index (χ4v) is 2.71. The third-order valence-electron chi connectivity index (χ3n) is 4.30. The molecule has 1 saturated heterocycles. The number of carboxylic acids is 1. The number of nitrogens with zero attached hydrogens (tertiary/aromatic N) is 4. The second-order valence-electron chi connectivity index (χ2n) is 5.99. The first-order valence-corrected chi connectivity index (χ1v) is 8.15. The molecule has 2 N–H and O–H groups in total. The number of amides is 1. The van der Waals surface area contributed by atoms with Crippen LogP contribution < -0.4 is 5.32 Å². The first-order valence-electron chi connectivity index (χ1n) is 8.15. The molecule has 2 atom stereocenters. The van der Waals surface area contributed by atoms with Gasteiger partial charge < -0.3 is 15.3 Å². The van der Waals surface area contributed by atoms with Crippen molar-refractivity contribution < 1.29 is 14.7 Å². The lowest BCUT2D eigenvalue weighted by Gasteiger charge is -2.32. The third-order valence-corrected chi connectivity index (χ3v) is 4.30. The Bertz CT molecular complexity index is 539. The van der Waals surface area contributed by atoms with Gasteiger partial charge in [0.25, 0.3) is 0 Å². The molecular formula is C15H25N5O3. The van der Waals surface area contributed by atoms with Crippen molar-refractivity contribution in [1.29, 1.82) is 0 Å². The van der Waals surface area contributed by atoms with Gasteiger partial charge in [-0.05, 0) is 5.92 Å². The highest BCUT2D eigenvalue weighted by atomic mass is 16.4. The minimum Gasteiger partial charge on any atom is -0.481 e. The lowest BCUT2D eigenvalue weighted by molar-refractivity contribution is -0.138. The van der Waals surface area contributed by atoms with Crippen LogP contribution in [0.1, 0.15) is 38.4 Å². The Balaban J connectivity index is 2.14. The summed E-state index contributed by atoms with van der Waals surface area (Å²) in [5.74, 6) is -0.670. The fraction of sp³-hybridized carbons (Fsp3) is 0.733. The first-order chi connectivity index (χ1) is 11.0. The van der Waals surface area contributed by atoms with Gasteiger partial charge in [0.15, 0.2) is 0 Å². The molecule has 8 nitrogen and oxygen atoms in total. The van der Waals surface area contributed by atoms with Gasteiger partial charge in [-0.1, -0.05) is 25.5 Å². The van der Waals surface area contributed by atoms with E-state index in [1.165, 1.54) is 0 Å². The van der Waals surface area contributed by atoms with E-state index in [0.29, 0.717) is 25.2 Å². The van der Waals surface area contributed by atoms with Crippen molar-refractivity contribution in [2.45, 2.75) is 39.2 Å². The zero-order valence-corrected chi connectivity index (χ0v) is 13.7. The van der Waals surface area contributed by atoms with E-state index in [1.54, 1.807) is 10.9 Å². The zero-order valence-electron chi connectivity index (χ0n) is 13.7. The van der Waals surface area contributed by atoms with Crippen LogP contribution in [-0.2, 0) is 16.0 Å². The molecule has 0 aliphatic carbocycles. The molecule has 1 unspecified atom stereocenters. The number of aliphatic carboxylic acids is 1. The molecule has 0 bridgehead atoms. The Hall–Kier alpha value is -1.96. The van der Waals surface area contributed by atoms with Gasteiger partial charge in [0.05, 0.1) is 12.1 Å². The molecule has 1 amide bonds. The van der Waals surface area contributed by atoms with Crippen LogP contribution in [0.4, 0.5) is 0 Å². The average molecular weight is 323 g/mol. The van der Waals surface area contributed by atoms with E-state index in [0.717, 1.165) is 19.5 Å². The van der Waals surface area contributed by atoms with Gasteiger partial charge >= 0.3 is 5.97 Å². The van der Waals surface area contributed by atoms with Gasteiger partial charge in [0.1, 0.15) is 6.04 Å². The van der Waals surface area contributed by atoms with E-state index >= 15 is 0 Å². The van der Waals surface area contributed by atoms with Crippen molar-refractivity contribution in [2.75, 3.05) is 26.2 Å². The zero-order chi connectivity index (χ0) is 16.8. The molecule has 2 rings (SSSR count). The van der Waals surface area contributed by atoms with E-state index in [9.17, 15) is 9.59 Å². The van der Waals surface area contributed by atoms with Gasteiger partial charge in [-0.25, -0.2) is 4.68 Å². The standard InChI is InChI=1S/C15H25N5O3/c1-3-11(2)14(15(23)19-8-6-16-7-9-19)20-10-12(17-18-20)4-5-13(21)22/h10-11,14,16H,3-9H2,1-2H3,(H,21,22)/t11-,14?/m1/s1. The van der Waals surface area contributed by atoms with Crippen LogP contribution >= 0.6 is 0 Å². The molecule has 1 fully saturated rings. The van der Waals surface area contributed by atoms with Crippen LogP contribution in [0.25, 0.3) is 0 Å². The van der Waals surface area contributed by atoms with Gasteiger partial charge in [-0.2, -0.15) is 0 Å². The molecular weight excluding hydrogens is 298 g/mol. The highest BCUT2D eigenvalue weighted by molar-refractivity contribution is 5.80. The second kappa shape index (κ2) is 8.05. The van der Waals surface area contributed by atoms with Crippen LogP contribution in [0.2, 0.25) is 0 Å². The third kappa shape index (κ3) is 4.51. The van der Waals surface area contributed by atoms with Crippen molar-refractivity contribution in [3.63, 3.8) is 0 Å². The van der Waals surface area contributed by atoms with E-state index < -0.39 is 5.97 Å². The molecule has 2 heterocycles. The SMILES string of the molecule is CC[C@@H](C)C(C(=O)N1CCNCC1)n1cc(CCC(=O)O)nn1. The summed E-state index contributed by atoms with van der Waals surface area (Å²) in [5.41, 5.74) is 0.605. The Morgan fingerprint density at radius 1 is 1.39 bits per heavy atom. The summed E-state index contributed by atoms with van der Waals surface area (Å²) in [6, 6.07) is -0.385. The molecule has 1 aromatic heterocycles. The van der Waals surface area contributed by atoms with Crippen LogP contribution in [0.3, 0.4) is 0 Å². The molecule has 0 spiro atoms. The topological polar surface area (TPSA) is 100 Å². The summed E-state index contributed by atoms with van der Waals surface area (Å²) in [4.78, 5) is 25.4. The minimum absolute atomic E-state index is 0.0123. The summed E-state index contributed by atoms with van der Waals surface area (Å²) in [7, 11) is 0. The number of carbonyl (C=O) groups excluding carboxylic acids is 1. The smallest absolute Gasteiger partial charge is 0.303 e. The molecule has 0 aromatic carbocycles. The number of carbonyl (C=O) groups is 2. The highest BCUT2D eigenvalue weighted by Crippen LogP contribution is 2.23. The Morgan fingerprint density at radius 2 is 2.09 bits per heavy atom. The van der Waals surface area contributed by atoms with Crippen molar-refractivity contribution in [1.82, 2.24) is 25.2 Å². The molecule has 1 aliphatic rings. The quantitative estimate of drug-likeness (QED) is 0.749. The maximum atomic E-state index is 12.9. The highest BCUT2D eigenvalue weighted by Gasteiger charge is 2.31. The summed E-state index contributed by atoms with van der Waals surface area (Å²) >= 11 is 0. The van der Waals surface area contributed by atoms with Gasteiger partial charge in [-0.15, -0.1) is 5.10 Å². The number of aryl methyl sites for hydroxylation is 1. The number of hydrogen-bond acceptors (Lipinski definition) is 5. The van der Waals surface area contributed by atoms with Crippen molar-refractivity contribution >= 4 is 11.9 Å². The molecule has 128 valence electrons. The summed E-state index contributed by atoms with van der Waals surface area (Å²) in [6.45, 7) is 7.09. The summed E-state index contributed by atoms with van der Waals surface area (Å²) in [5, 5.41) is 20.1. The monoisotopic (exact) mass is 323 g/mol. The Kier molecular flexibility index (Phi) is 6.09. The van der Waals surface area contributed by atoms with Crippen LogP contribution in [0.15, 0.2) is 6.20 Å². The predicted molar refractivity (Wildman–Crippen MR) is 83.9 cm³/mol. The lowest BCUT2D eigenvalue weighted by atomic mass is 9.97. The Morgan fingerprint density at radius 3 is 2.70 bits per heavy atom. The van der Waals surface area contributed by atoms with Crippen LogP contribution in [0, 0.1) is 5.92 Å². The minimum atomic E-state index is -0.866. The number of hydrogen-bond donors (Lipinski definition) is 2. The maximum Gasteiger partial charge on any atom is 0.303 e. The molecule has 1 aromatic rings. The van der Waals surface area contributed by atoms with Gasteiger partial charge in [0.2, 0.25) is 5.91 Å². The predicted octanol–water partition coefficient (Wildman–Crippen LogP) is 0.314. The average Bonchev–Trinajstić information content (AvgIpc) is 3.02. The van der Waals surface area contributed by atoms with E-state index in [-0.39, 0.29) is 24.3 Å². The van der Waals surface area contributed by atoms with Crippen LogP contribution in [0.5, 0.6) is 0 Å². The number of rotatable bonds is 7. The maximum absolute atomic E-state index is 12.9. The molecule has 0 radical (unpaired) electrons. The van der Waals surface area contributed by atoms with Crippen LogP contribution in [-0.4, -0.2) is 63.1 Å². The number of aromatic nitrogens is 3. The van der Waals surface area contributed by atoms with E-state index in [4.69, 9.17) is 5.11 Å². The Labute approximate surface area is 135 Å². The van der Waals surface area contributed by atoms with E-state index in [1.807, 2.05) is 18.7 Å². The number of carboxylic acid groups (broad SMARTS) is 1. The largest absolute Gasteiger partial charge is 0.481 e. The normalized spacial score (nSPS) is 17.7. The molecule has 0 saturated carbocycles. The fourth-order valence-electron chi connectivity index (χ4n) is 2.71. The summed E-state index contributed by atoms with van der Waals surface area (Å²) < 4.78 is 1.61. The lowest BCUT2D eigenvalue weighted by Crippen LogP contribution is -2.49. The second-order valence-corrected chi connectivity index (χ2v) is 5.99. The van der Waals surface area contributed by atoms with Crippen molar-refractivity contribution in [2.24, 2.45) is 5.92 Å². The van der Waals surface area contributed by atoms with Crippen molar-refractivity contribution in [3.8, 4) is 0 Å².